The molecule has 21 heavy (non-hydrogen) atoms. The summed E-state index contributed by atoms with van der Waals surface area (Å²) < 4.78 is 18.6. The van der Waals surface area contributed by atoms with Crippen molar-refractivity contribution in [2.24, 2.45) is 0 Å². The molecule has 0 aliphatic carbocycles. The molecule has 1 aromatic carbocycles. The summed E-state index contributed by atoms with van der Waals surface area (Å²) in [6.45, 7) is 4.15. The van der Waals surface area contributed by atoms with E-state index in [1.807, 2.05) is 0 Å². The Bertz CT molecular complexity index is 437. The summed E-state index contributed by atoms with van der Waals surface area (Å²) >= 11 is 0. The van der Waals surface area contributed by atoms with Crippen molar-refractivity contribution in [2.45, 2.75) is 58.8 Å². The van der Waals surface area contributed by atoms with Gasteiger partial charge in [0, 0.05) is 11.3 Å². The van der Waals surface area contributed by atoms with Crippen molar-refractivity contribution in [3.8, 4) is 0 Å². The van der Waals surface area contributed by atoms with E-state index in [0.717, 1.165) is 12.8 Å². The number of hydrogen-bond acceptors (Lipinski definition) is 3. The lowest BCUT2D eigenvalue weighted by molar-refractivity contribution is 0.0497. The first-order chi connectivity index (χ1) is 10.1. The van der Waals surface area contributed by atoms with E-state index in [-0.39, 0.29) is 11.3 Å². The number of anilines is 1. The van der Waals surface area contributed by atoms with Gasteiger partial charge in [-0.2, -0.15) is 0 Å². The fraction of sp³-hybridized carbons (Fsp3) is 0.588. The molecular formula is C17H26FNO2. The van der Waals surface area contributed by atoms with E-state index in [9.17, 15) is 9.18 Å². The second-order valence-electron chi connectivity index (χ2n) is 5.43. The van der Waals surface area contributed by atoms with Crippen molar-refractivity contribution >= 4 is 11.7 Å². The molecule has 1 aromatic rings. The fourth-order valence-corrected chi connectivity index (χ4v) is 2.13. The predicted octanol–water partition coefficient (Wildman–Crippen LogP) is 4.62. The van der Waals surface area contributed by atoms with Gasteiger partial charge in [0.25, 0.3) is 0 Å². The van der Waals surface area contributed by atoms with Gasteiger partial charge in [0.1, 0.15) is 5.82 Å². The Kier molecular flexibility index (Phi) is 7.80. The summed E-state index contributed by atoms with van der Waals surface area (Å²) in [5.74, 6) is -0.982. The standard InChI is InChI=1S/C17H26FNO2/c1-3-4-5-6-7-8-9-10-21-17(20)14-11-15(18)13(2)16(19)12-14/h11-12H,3-10,19H2,1-2H3. The Hall–Kier alpha value is -1.58. The fourth-order valence-electron chi connectivity index (χ4n) is 2.13. The topological polar surface area (TPSA) is 52.3 Å². The van der Waals surface area contributed by atoms with Crippen LogP contribution in [0.4, 0.5) is 10.1 Å². The molecule has 0 fully saturated rings. The minimum atomic E-state index is -0.508. The van der Waals surface area contributed by atoms with Crippen LogP contribution in [-0.4, -0.2) is 12.6 Å². The molecule has 0 amide bonds. The smallest absolute Gasteiger partial charge is 0.338 e. The lowest BCUT2D eigenvalue weighted by Gasteiger charge is -2.07. The van der Waals surface area contributed by atoms with E-state index in [2.05, 4.69) is 6.92 Å². The zero-order valence-corrected chi connectivity index (χ0v) is 13.1. The van der Waals surface area contributed by atoms with E-state index in [4.69, 9.17) is 10.5 Å². The third-order valence-corrected chi connectivity index (χ3v) is 3.60. The summed E-state index contributed by atoms with van der Waals surface area (Å²) in [5.41, 5.74) is 6.46. The first kappa shape index (κ1) is 17.5. The number of nitrogen functional groups attached to an aromatic ring is 1. The number of nitrogens with two attached hydrogens (primary N) is 1. The molecule has 0 aromatic heterocycles. The maximum Gasteiger partial charge on any atom is 0.338 e. The summed E-state index contributed by atoms with van der Waals surface area (Å²) in [4.78, 5) is 11.8. The molecule has 0 heterocycles. The number of halogens is 1. The van der Waals surface area contributed by atoms with Gasteiger partial charge in [-0.15, -0.1) is 0 Å². The van der Waals surface area contributed by atoms with E-state index < -0.39 is 11.8 Å². The Morgan fingerprint density at radius 2 is 1.76 bits per heavy atom. The summed E-state index contributed by atoms with van der Waals surface area (Å²) in [6, 6.07) is 2.64. The van der Waals surface area contributed by atoms with Gasteiger partial charge in [-0.05, 0) is 25.5 Å². The molecule has 0 spiro atoms. The number of carbonyl (C=O) groups excluding carboxylic acids is 1. The molecule has 3 nitrogen and oxygen atoms in total. The SMILES string of the molecule is CCCCCCCCCOC(=O)c1cc(N)c(C)c(F)c1. The second-order valence-corrected chi connectivity index (χ2v) is 5.43. The Morgan fingerprint density at radius 3 is 2.38 bits per heavy atom. The summed E-state index contributed by atoms with van der Waals surface area (Å²) in [7, 11) is 0. The van der Waals surface area contributed by atoms with Crippen LogP contribution in [0.25, 0.3) is 0 Å². The van der Waals surface area contributed by atoms with Crippen molar-refractivity contribution in [1.82, 2.24) is 0 Å². The molecule has 1 rings (SSSR count). The van der Waals surface area contributed by atoms with Crippen LogP contribution in [0.3, 0.4) is 0 Å². The van der Waals surface area contributed by atoms with Gasteiger partial charge >= 0.3 is 5.97 Å². The lowest BCUT2D eigenvalue weighted by atomic mass is 10.1. The van der Waals surface area contributed by atoms with E-state index in [0.29, 0.717) is 12.2 Å². The summed E-state index contributed by atoms with van der Waals surface area (Å²) in [6.07, 6.45) is 8.12. The molecule has 0 saturated carbocycles. The zero-order valence-electron chi connectivity index (χ0n) is 13.1. The van der Waals surface area contributed by atoms with Gasteiger partial charge in [-0.1, -0.05) is 45.4 Å². The molecule has 0 atom stereocenters. The van der Waals surface area contributed by atoms with Crippen LogP contribution in [0.1, 0.15) is 67.8 Å². The van der Waals surface area contributed by atoms with Crippen LogP contribution in [0.2, 0.25) is 0 Å². The third-order valence-electron chi connectivity index (χ3n) is 3.60. The van der Waals surface area contributed by atoms with Crippen LogP contribution < -0.4 is 5.73 Å². The Balaban J connectivity index is 2.25. The molecule has 0 saturated heterocycles. The molecule has 0 unspecified atom stereocenters. The number of unbranched alkanes of at least 4 members (excludes halogenated alkanes) is 6. The molecule has 0 bridgehead atoms. The van der Waals surface area contributed by atoms with Crippen molar-refractivity contribution in [1.29, 1.82) is 0 Å². The van der Waals surface area contributed by atoms with Crippen molar-refractivity contribution in [3.05, 3.63) is 29.1 Å². The largest absolute Gasteiger partial charge is 0.462 e. The molecule has 0 aliphatic heterocycles. The van der Waals surface area contributed by atoms with Crippen molar-refractivity contribution < 1.29 is 13.9 Å². The highest BCUT2D eigenvalue weighted by molar-refractivity contribution is 5.90. The molecule has 118 valence electrons. The highest BCUT2D eigenvalue weighted by Crippen LogP contribution is 2.18. The van der Waals surface area contributed by atoms with Gasteiger partial charge in [0.05, 0.1) is 12.2 Å². The quantitative estimate of drug-likeness (QED) is 0.411. The van der Waals surface area contributed by atoms with Gasteiger partial charge in [0.2, 0.25) is 0 Å². The predicted molar refractivity (Wildman–Crippen MR) is 83.8 cm³/mol. The number of carbonyl (C=O) groups is 1. The number of esters is 1. The maximum atomic E-state index is 13.5. The van der Waals surface area contributed by atoms with E-state index >= 15 is 0 Å². The lowest BCUT2D eigenvalue weighted by Crippen LogP contribution is -2.08. The number of rotatable bonds is 9. The van der Waals surface area contributed by atoms with Crippen LogP contribution >= 0.6 is 0 Å². The first-order valence-electron chi connectivity index (χ1n) is 7.79. The number of ether oxygens (including phenoxy) is 1. The van der Waals surface area contributed by atoms with Crippen LogP contribution in [-0.2, 0) is 4.74 Å². The normalized spacial score (nSPS) is 10.6. The monoisotopic (exact) mass is 295 g/mol. The minimum Gasteiger partial charge on any atom is -0.462 e. The van der Waals surface area contributed by atoms with Gasteiger partial charge in [-0.3, -0.25) is 0 Å². The average Bonchev–Trinajstić information content (AvgIpc) is 2.46. The summed E-state index contributed by atoms with van der Waals surface area (Å²) in [5, 5.41) is 0. The number of benzene rings is 1. The van der Waals surface area contributed by atoms with Crippen LogP contribution in [0.15, 0.2) is 12.1 Å². The highest BCUT2D eigenvalue weighted by atomic mass is 19.1. The highest BCUT2D eigenvalue weighted by Gasteiger charge is 2.12. The minimum absolute atomic E-state index is 0.179. The van der Waals surface area contributed by atoms with Crippen molar-refractivity contribution in [2.75, 3.05) is 12.3 Å². The molecule has 0 radical (unpaired) electrons. The average molecular weight is 295 g/mol. The van der Waals surface area contributed by atoms with Crippen LogP contribution in [0, 0.1) is 12.7 Å². The molecule has 4 heteroatoms. The zero-order chi connectivity index (χ0) is 15.7. The first-order valence-corrected chi connectivity index (χ1v) is 7.79. The third kappa shape index (κ3) is 6.15. The van der Waals surface area contributed by atoms with Gasteiger partial charge in [-0.25, -0.2) is 9.18 Å². The van der Waals surface area contributed by atoms with E-state index in [1.54, 1.807) is 6.92 Å². The molecule has 0 aliphatic rings. The number of hydrogen-bond donors (Lipinski definition) is 1. The maximum absolute atomic E-state index is 13.5. The van der Waals surface area contributed by atoms with Crippen molar-refractivity contribution in [3.63, 3.8) is 0 Å². The molecular weight excluding hydrogens is 269 g/mol. The van der Waals surface area contributed by atoms with Crippen LogP contribution in [0.5, 0.6) is 0 Å². The Morgan fingerprint density at radius 1 is 1.14 bits per heavy atom. The Labute approximate surface area is 126 Å². The van der Waals surface area contributed by atoms with Gasteiger partial charge < -0.3 is 10.5 Å². The van der Waals surface area contributed by atoms with E-state index in [1.165, 1.54) is 44.2 Å². The second kappa shape index (κ2) is 9.37. The van der Waals surface area contributed by atoms with Gasteiger partial charge in [0.15, 0.2) is 0 Å². The molecule has 2 N–H and O–H groups in total.